The molecule has 6 nitrogen and oxygen atoms in total. The van der Waals surface area contributed by atoms with Gasteiger partial charge in [0, 0.05) is 43.9 Å². The van der Waals surface area contributed by atoms with E-state index < -0.39 is 0 Å². The van der Waals surface area contributed by atoms with Crippen molar-refractivity contribution < 1.29 is 19.1 Å². The summed E-state index contributed by atoms with van der Waals surface area (Å²) in [7, 11) is 1.32. The monoisotopic (exact) mass is 368 g/mol. The number of amides is 1. The van der Waals surface area contributed by atoms with Crippen molar-refractivity contribution in [2.45, 2.75) is 32.7 Å². The van der Waals surface area contributed by atoms with Crippen LogP contribution in [0.3, 0.4) is 0 Å². The smallest absolute Gasteiger partial charge is 0.307 e. The lowest BCUT2D eigenvalue weighted by Crippen LogP contribution is -2.33. The Hall–Kier alpha value is -3.02. The second-order valence-corrected chi connectivity index (χ2v) is 6.29. The number of rotatable bonds is 9. The molecule has 27 heavy (non-hydrogen) atoms. The van der Waals surface area contributed by atoms with Gasteiger partial charge in [-0.2, -0.15) is 0 Å². The van der Waals surface area contributed by atoms with Gasteiger partial charge in [0.25, 0.3) is 0 Å². The number of nitrogens with zero attached hydrogens (tertiary/aromatic N) is 2. The van der Waals surface area contributed by atoms with Crippen LogP contribution in [0.25, 0.3) is 0 Å². The van der Waals surface area contributed by atoms with E-state index >= 15 is 0 Å². The Morgan fingerprint density at radius 2 is 1.78 bits per heavy atom. The quantitative estimate of drug-likeness (QED) is 0.502. The van der Waals surface area contributed by atoms with Crippen LogP contribution < -0.4 is 0 Å². The van der Waals surface area contributed by atoms with E-state index in [-0.39, 0.29) is 43.5 Å². The molecule has 0 saturated heterocycles. The van der Waals surface area contributed by atoms with E-state index in [1.165, 1.54) is 7.11 Å². The predicted molar refractivity (Wildman–Crippen MR) is 101 cm³/mol. The number of methoxy groups -OCH3 is 1. The molecule has 1 aromatic heterocycles. The maximum Gasteiger partial charge on any atom is 0.307 e. The summed E-state index contributed by atoms with van der Waals surface area (Å²) in [6.07, 6.45) is 3.66. The molecule has 1 aromatic carbocycles. The minimum Gasteiger partial charge on any atom is -0.469 e. The van der Waals surface area contributed by atoms with Crippen LogP contribution in [0.1, 0.15) is 40.7 Å². The highest BCUT2D eigenvalue weighted by molar-refractivity contribution is 5.98. The van der Waals surface area contributed by atoms with Crippen LogP contribution in [-0.4, -0.2) is 41.2 Å². The molecule has 142 valence electrons. The maximum absolute atomic E-state index is 12.6. The third-order valence-electron chi connectivity index (χ3n) is 4.20. The summed E-state index contributed by atoms with van der Waals surface area (Å²) >= 11 is 0. The molecule has 0 unspecified atom stereocenters. The van der Waals surface area contributed by atoms with Crippen LogP contribution >= 0.6 is 0 Å². The van der Waals surface area contributed by atoms with Crippen LogP contribution in [0.15, 0.2) is 48.8 Å². The van der Waals surface area contributed by atoms with E-state index in [0.29, 0.717) is 12.1 Å². The predicted octanol–water partition coefficient (Wildman–Crippen LogP) is 2.94. The largest absolute Gasteiger partial charge is 0.469 e. The highest BCUT2D eigenvalue weighted by atomic mass is 16.5. The van der Waals surface area contributed by atoms with Crippen molar-refractivity contribution in [2.75, 3.05) is 13.7 Å². The van der Waals surface area contributed by atoms with Gasteiger partial charge in [0.2, 0.25) is 5.91 Å². The summed E-state index contributed by atoms with van der Waals surface area (Å²) in [5, 5.41) is 0. The molecule has 0 fully saturated rings. The van der Waals surface area contributed by atoms with Crippen LogP contribution in [0.4, 0.5) is 0 Å². The van der Waals surface area contributed by atoms with Gasteiger partial charge < -0.3 is 9.64 Å². The summed E-state index contributed by atoms with van der Waals surface area (Å²) < 4.78 is 4.65. The van der Waals surface area contributed by atoms with E-state index in [0.717, 1.165) is 11.1 Å². The second kappa shape index (κ2) is 10.2. The number of ketones is 1. The first-order valence-corrected chi connectivity index (χ1v) is 8.83. The van der Waals surface area contributed by atoms with Gasteiger partial charge in [-0.1, -0.05) is 35.9 Å². The van der Waals surface area contributed by atoms with Gasteiger partial charge in [-0.05, 0) is 18.6 Å². The minimum atomic E-state index is -0.380. The number of benzene rings is 1. The number of hydrogen-bond donors (Lipinski definition) is 0. The highest BCUT2D eigenvalue weighted by Crippen LogP contribution is 2.11. The molecule has 0 N–H and O–H groups in total. The normalized spacial score (nSPS) is 10.3. The standard InChI is InChI=1S/C21H24N2O4/c1-16-5-7-18(8-6-16)19(24)9-10-20(25)23(13-11-21(26)27-2)15-17-4-3-12-22-14-17/h3-8,12,14H,9-11,13,15H2,1-2H3. The fraction of sp³-hybridized carbons (Fsp3) is 0.333. The number of carbonyl (C=O) groups is 3. The van der Waals surface area contributed by atoms with E-state index in [4.69, 9.17) is 0 Å². The Balaban J connectivity index is 1.97. The number of pyridine rings is 1. The van der Waals surface area contributed by atoms with Gasteiger partial charge in [-0.15, -0.1) is 0 Å². The van der Waals surface area contributed by atoms with Crippen molar-refractivity contribution in [3.05, 3.63) is 65.5 Å². The second-order valence-electron chi connectivity index (χ2n) is 6.29. The molecule has 6 heteroatoms. The average Bonchev–Trinajstić information content (AvgIpc) is 2.70. The number of Topliss-reactive ketones (excluding diaryl/α,β-unsaturated/α-hetero) is 1. The zero-order valence-corrected chi connectivity index (χ0v) is 15.7. The van der Waals surface area contributed by atoms with Crippen LogP contribution in [0, 0.1) is 6.92 Å². The molecule has 0 spiro atoms. The van der Waals surface area contributed by atoms with Gasteiger partial charge >= 0.3 is 5.97 Å². The molecular formula is C21H24N2O4. The number of aromatic nitrogens is 1. The van der Waals surface area contributed by atoms with Gasteiger partial charge in [0.15, 0.2) is 5.78 Å². The highest BCUT2D eigenvalue weighted by Gasteiger charge is 2.17. The summed E-state index contributed by atoms with van der Waals surface area (Å²) in [6, 6.07) is 10.9. The fourth-order valence-electron chi connectivity index (χ4n) is 2.59. The fourth-order valence-corrected chi connectivity index (χ4v) is 2.59. The molecule has 0 bridgehead atoms. The van der Waals surface area contributed by atoms with Crippen LogP contribution in [-0.2, 0) is 20.9 Å². The van der Waals surface area contributed by atoms with Gasteiger partial charge in [-0.3, -0.25) is 19.4 Å². The maximum atomic E-state index is 12.6. The molecule has 2 aromatic rings. The SMILES string of the molecule is COC(=O)CCN(Cc1cccnc1)C(=O)CCC(=O)c1ccc(C)cc1. The number of carbonyl (C=O) groups excluding carboxylic acids is 3. The Morgan fingerprint density at radius 1 is 1.04 bits per heavy atom. The zero-order chi connectivity index (χ0) is 19.6. The van der Waals surface area contributed by atoms with Gasteiger partial charge in [0.1, 0.15) is 0 Å². The Morgan fingerprint density at radius 3 is 2.41 bits per heavy atom. The first-order valence-electron chi connectivity index (χ1n) is 8.83. The lowest BCUT2D eigenvalue weighted by Gasteiger charge is -2.22. The van der Waals surface area contributed by atoms with E-state index in [9.17, 15) is 14.4 Å². The van der Waals surface area contributed by atoms with Crippen molar-refractivity contribution in [1.29, 1.82) is 0 Å². The van der Waals surface area contributed by atoms with E-state index in [1.807, 2.05) is 25.1 Å². The molecule has 0 saturated carbocycles. The summed E-state index contributed by atoms with van der Waals surface area (Å²) in [6.45, 7) is 2.52. The van der Waals surface area contributed by atoms with Crippen molar-refractivity contribution in [3.8, 4) is 0 Å². The summed E-state index contributed by atoms with van der Waals surface area (Å²) in [5.41, 5.74) is 2.54. The Bertz CT molecular complexity index is 773. The first kappa shape index (κ1) is 20.3. The van der Waals surface area contributed by atoms with Gasteiger partial charge in [0.05, 0.1) is 13.5 Å². The van der Waals surface area contributed by atoms with Crippen molar-refractivity contribution in [1.82, 2.24) is 9.88 Å². The lowest BCUT2D eigenvalue weighted by molar-refractivity contribution is -0.142. The first-order chi connectivity index (χ1) is 13.0. The molecule has 0 atom stereocenters. The van der Waals surface area contributed by atoms with Crippen molar-refractivity contribution in [3.63, 3.8) is 0 Å². The van der Waals surface area contributed by atoms with Crippen molar-refractivity contribution in [2.24, 2.45) is 0 Å². The number of hydrogen-bond acceptors (Lipinski definition) is 5. The molecule has 2 rings (SSSR count). The average molecular weight is 368 g/mol. The third kappa shape index (κ3) is 6.66. The summed E-state index contributed by atoms with van der Waals surface area (Å²) in [5.74, 6) is -0.629. The van der Waals surface area contributed by atoms with E-state index in [1.54, 1.807) is 35.5 Å². The van der Waals surface area contributed by atoms with Crippen LogP contribution in [0.2, 0.25) is 0 Å². The molecular weight excluding hydrogens is 344 g/mol. The Labute approximate surface area is 159 Å². The minimum absolute atomic E-state index is 0.0716. The van der Waals surface area contributed by atoms with Crippen molar-refractivity contribution >= 4 is 17.7 Å². The van der Waals surface area contributed by atoms with E-state index in [2.05, 4.69) is 9.72 Å². The molecule has 0 aliphatic carbocycles. The van der Waals surface area contributed by atoms with Gasteiger partial charge in [-0.25, -0.2) is 0 Å². The molecule has 0 aliphatic rings. The molecule has 1 amide bonds. The Kier molecular flexibility index (Phi) is 7.67. The zero-order valence-electron chi connectivity index (χ0n) is 15.7. The topological polar surface area (TPSA) is 76.6 Å². The molecule has 1 heterocycles. The van der Waals surface area contributed by atoms with Crippen LogP contribution in [0.5, 0.6) is 0 Å². The third-order valence-corrected chi connectivity index (χ3v) is 4.20. The lowest BCUT2D eigenvalue weighted by atomic mass is 10.0. The number of esters is 1. The molecule has 0 radical (unpaired) electrons. The number of aryl methyl sites for hydroxylation is 1. The summed E-state index contributed by atoms with van der Waals surface area (Å²) in [4.78, 5) is 42.0. The molecule has 0 aliphatic heterocycles. The number of ether oxygens (including phenoxy) is 1.